The van der Waals surface area contributed by atoms with Crippen molar-refractivity contribution in [2.24, 2.45) is 0 Å². The van der Waals surface area contributed by atoms with Crippen LogP contribution in [-0.4, -0.2) is 23.4 Å². The zero-order valence-corrected chi connectivity index (χ0v) is 12.1. The minimum atomic E-state index is -0.738. The van der Waals surface area contributed by atoms with Gasteiger partial charge < -0.3 is 5.32 Å². The Labute approximate surface area is 122 Å². The molecule has 1 aromatic rings. The number of terminal acetylenes is 1. The lowest BCUT2D eigenvalue weighted by molar-refractivity contribution is -0.385. The quantitative estimate of drug-likeness (QED) is 0.505. The number of carbonyl (C=O) groups excluding carboxylic acids is 2. The number of hydrogen-bond acceptors (Lipinski definition) is 4. The van der Waals surface area contributed by atoms with Crippen LogP contribution in [0.2, 0.25) is 0 Å². The summed E-state index contributed by atoms with van der Waals surface area (Å²) in [4.78, 5) is 32.9. The zero-order valence-electron chi connectivity index (χ0n) is 12.1. The Hall–Kier alpha value is -2.88. The standard InChI is InChI=1S/C12H11N3O4.C2H6/c1-3-8-5-6-9(7-10(8)15(18)19)11(16)14-12(17)13-4-2;1-2/h1,5-7H,4H2,2H3,(H2,13,14,16,17);1-2H3. The molecule has 112 valence electrons. The highest BCUT2D eigenvalue weighted by Crippen LogP contribution is 2.19. The molecule has 0 saturated heterocycles. The van der Waals surface area contributed by atoms with Crippen LogP contribution in [0.3, 0.4) is 0 Å². The Balaban J connectivity index is 0.00000191. The van der Waals surface area contributed by atoms with Crippen LogP contribution in [0.1, 0.15) is 36.7 Å². The molecule has 3 amide bonds. The van der Waals surface area contributed by atoms with Gasteiger partial charge >= 0.3 is 6.03 Å². The molecule has 0 bridgehead atoms. The molecule has 0 aromatic heterocycles. The molecule has 0 radical (unpaired) electrons. The SMILES string of the molecule is C#Cc1ccc(C(=O)NC(=O)NCC)cc1[N+](=O)[O-].CC. The Morgan fingerprint density at radius 1 is 1.38 bits per heavy atom. The second-order valence-electron chi connectivity index (χ2n) is 3.45. The molecule has 0 aliphatic carbocycles. The average Bonchev–Trinajstić information content (AvgIpc) is 2.48. The van der Waals surface area contributed by atoms with Gasteiger partial charge in [0.1, 0.15) is 5.56 Å². The smallest absolute Gasteiger partial charge is 0.321 e. The van der Waals surface area contributed by atoms with Crippen molar-refractivity contribution in [3.8, 4) is 12.3 Å². The van der Waals surface area contributed by atoms with Crippen molar-refractivity contribution in [2.45, 2.75) is 20.8 Å². The van der Waals surface area contributed by atoms with Crippen molar-refractivity contribution in [3.63, 3.8) is 0 Å². The fraction of sp³-hybridized carbons (Fsp3) is 0.286. The Bertz CT molecular complexity index is 576. The number of nitro groups is 1. The number of nitro benzene ring substituents is 1. The van der Waals surface area contributed by atoms with Crippen LogP contribution in [0.25, 0.3) is 0 Å². The van der Waals surface area contributed by atoms with Gasteiger partial charge in [-0.2, -0.15) is 0 Å². The first-order valence-electron chi connectivity index (χ1n) is 6.33. The van der Waals surface area contributed by atoms with Crippen LogP contribution in [0, 0.1) is 22.5 Å². The van der Waals surface area contributed by atoms with E-state index in [1.54, 1.807) is 6.92 Å². The summed E-state index contributed by atoms with van der Waals surface area (Å²) >= 11 is 0. The Kier molecular flexibility index (Phi) is 7.85. The number of nitrogens with one attached hydrogen (secondary N) is 2. The topological polar surface area (TPSA) is 101 Å². The normalized spacial score (nSPS) is 8.67. The number of rotatable bonds is 3. The van der Waals surface area contributed by atoms with Gasteiger partial charge in [-0.3, -0.25) is 20.2 Å². The van der Waals surface area contributed by atoms with E-state index in [0.29, 0.717) is 6.54 Å². The molecule has 1 rings (SSSR count). The van der Waals surface area contributed by atoms with Gasteiger partial charge in [0.15, 0.2) is 0 Å². The van der Waals surface area contributed by atoms with Gasteiger partial charge in [-0.05, 0) is 19.1 Å². The molecule has 0 spiro atoms. The van der Waals surface area contributed by atoms with Crippen LogP contribution in [0.4, 0.5) is 10.5 Å². The summed E-state index contributed by atoms with van der Waals surface area (Å²) in [5, 5.41) is 15.2. The maximum atomic E-state index is 11.7. The van der Waals surface area contributed by atoms with Gasteiger partial charge in [0.25, 0.3) is 11.6 Å². The first-order valence-corrected chi connectivity index (χ1v) is 6.33. The minimum absolute atomic E-state index is 0.0167. The summed E-state index contributed by atoms with van der Waals surface area (Å²) in [6.45, 7) is 6.05. The molecule has 2 N–H and O–H groups in total. The zero-order chi connectivity index (χ0) is 16.4. The molecule has 0 atom stereocenters. The van der Waals surface area contributed by atoms with E-state index >= 15 is 0 Å². The summed E-state index contributed by atoms with van der Waals surface area (Å²) in [5.41, 5.74) is -0.303. The number of carbonyl (C=O) groups is 2. The Morgan fingerprint density at radius 2 is 2.00 bits per heavy atom. The van der Waals surface area contributed by atoms with E-state index in [0.717, 1.165) is 6.07 Å². The molecule has 7 heteroatoms. The average molecular weight is 291 g/mol. The molecule has 0 aliphatic rings. The summed E-state index contributed by atoms with van der Waals surface area (Å²) in [6, 6.07) is 2.96. The first kappa shape index (κ1) is 18.1. The number of urea groups is 1. The number of benzene rings is 1. The maximum absolute atomic E-state index is 11.7. The van der Waals surface area contributed by atoms with E-state index in [1.165, 1.54) is 12.1 Å². The van der Waals surface area contributed by atoms with Gasteiger partial charge in [-0.25, -0.2) is 4.79 Å². The second-order valence-corrected chi connectivity index (χ2v) is 3.45. The van der Waals surface area contributed by atoms with Crippen molar-refractivity contribution >= 4 is 17.6 Å². The van der Waals surface area contributed by atoms with Crippen LogP contribution < -0.4 is 10.6 Å². The lowest BCUT2D eigenvalue weighted by Crippen LogP contribution is -2.39. The highest BCUT2D eigenvalue weighted by molar-refractivity contribution is 6.04. The lowest BCUT2D eigenvalue weighted by Gasteiger charge is -2.05. The lowest BCUT2D eigenvalue weighted by atomic mass is 10.1. The number of imide groups is 1. The molecule has 0 unspecified atom stereocenters. The van der Waals surface area contributed by atoms with E-state index in [1.807, 2.05) is 19.2 Å². The summed E-state index contributed by atoms with van der Waals surface area (Å²) in [5.74, 6) is 1.41. The van der Waals surface area contributed by atoms with E-state index in [4.69, 9.17) is 6.42 Å². The molecule has 0 aliphatic heterocycles. The van der Waals surface area contributed by atoms with E-state index < -0.39 is 16.9 Å². The summed E-state index contributed by atoms with van der Waals surface area (Å²) in [6.07, 6.45) is 5.12. The molecule has 7 nitrogen and oxygen atoms in total. The van der Waals surface area contributed by atoms with Crippen LogP contribution >= 0.6 is 0 Å². The van der Waals surface area contributed by atoms with Crippen molar-refractivity contribution < 1.29 is 14.5 Å². The van der Waals surface area contributed by atoms with Gasteiger partial charge in [0.2, 0.25) is 0 Å². The Morgan fingerprint density at radius 3 is 2.48 bits per heavy atom. The van der Waals surface area contributed by atoms with Gasteiger partial charge in [-0.1, -0.05) is 19.8 Å². The fourth-order valence-electron chi connectivity index (χ4n) is 1.33. The molecule has 21 heavy (non-hydrogen) atoms. The number of nitrogens with zero attached hydrogens (tertiary/aromatic N) is 1. The van der Waals surface area contributed by atoms with Crippen LogP contribution in [-0.2, 0) is 0 Å². The fourth-order valence-corrected chi connectivity index (χ4v) is 1.33. The third kappa shape index (κ3) is 5.32. The third-order valence-corrected chi connectivity index (χ3v) is 2.18. The third-order valence-electron chi connectivity index (χ3n) is 2.18. The van der Waals surface area contributed by atoms with Crippen molar-refractivity contribution in [3.05, 3.63) is 39.4 Å². The first-order chi connectivity index (χ1) is 9.99. The molecular formula is C14H17N3O4. The molecule has 1 aromatic carbocycles. The van der Waals surface area contributed by atoms with Crippen molar-refractivity contribution in [2.75, 3.05) is 6.54 Å². The summed E-state index contributed by atoms with van der Waals surface area (Å²) < 4.78 is 0. The molecule has 0 saturated carbocycles. The number of hydrogen-bond donors (Lipinski definition) is 2. The van der Waals surface area contributed by atoms with Crippen molar-refractivity contribution in [1.82, 2.24) is 10.6 Å². The maximum Gasteiger partial charge on any atom is 0.321 e. The predicted octanol–water partition coefficient (Wildman–Crippen LogP) is 2.06. The largest absolute Gasteiger partial charge is 0.338 e. The monoisotopic (exact) mass is 291 g/mol. The molecule has 0 fully saturated rings. The molecular weight excluding hydrogens is 274 g/mol. The van der Waals surface area contributed by atoms with Crippen LogP contribution in [0.15, 0.2) is 18.2 Å². The van der Waals surface area contributed by atoms with E-state index in [9.17, 15) is 19.7 Å². The second kappa shape index (κ2) is 9.09. The highest BCUT2D eigenvalue weighted by Gasteiger charge is 2.17. The van der Waals surface area contributed by atoms with Gasteiger partial charge in [0, 0.05) is 18.2 Å². The summed E-state index contributed by atoms with van der Waals surface area (Å²) in [7, 11) is 0. The van der Waals surface area contributed by atoms with E-state index in [2.05, 4.69) is 11.2 Å². The van der Waals surface area contributed by atoms with Crippen LogP contribution in [0.5, 0.6) is 0 Å². The minimum Gasteiger partial charge on any atom is -0.338 e. The predicted molar refractivity (Wildman–Crippen MR) is 78.9 cm³/mol. The highest BCUT2D eigenvalue weighted by atomic mass is 16.6. The van der Waals surface area contributed by atoms with Crippen molar-refractivity contribution in [1.29, 1.82) is 0 Å². The van der Waals surface area contributed by atoms with E-state index in [-0.39, 0.29) is 16.8 Å². The van der Waals surface area contributed by atoms with Gasteiger partial charge in [-0.15, -0.1) is 6.42 Å². The number of amides is 3. The molecule has 0 heterocycles. The van der Waals surface area contributed by atoms with Gasteiger partial charge in [0.05, 0.1) is 4.92 Å².